The van der Waals surface area contributed by atoms with E-state index in [1.807, 2.05) is 0 Å². The molecule has 0 amide bonds. The van der Waals surface area contributed by atoms with E-state index in [-0.39, 0.29) is 5.75 Å². The molecule has 0 fully saturated rings. The van der Waals surface area contributed by atoms with Crippen molar-refractivity contribution < 1.29 is 17.9 Å². The third-order valence-electron chi connectivity index (χ3n) is 1.13. The highest BCUT2D eigenvalue weighted by atomic mass is 79.9. The van der Waals surface area contributed by atoms with Crippen LogP contribution in [-0.2, 0) is 0 Å². The molecule has 1 aromatic heterocycles. The van der Waals surface area contributed by atoms with Crippen LogP contribution >= 0.6 is 15.9 Å². The Morgan fingerprint density at radius 2 is 2.00 bits per heavy atom. The van der Waals surface area contributed by atoms with Gasteiger partial charge in [0.25, 0.3) is 6.36 Å². The summed E-state index contributed by atoms with van der Waals surface area (Å²) in [5.74, 6) is -0.0397. The average Bonchev–Trinajstić information content (AvgIpc) is 2.04. The molecule has 1 rings (SSSR count). The predicted octanol–water partition coefficient (Wildman–Crippen LogP) is 2.78. The summed E-state index contributed by atoms with van der Waals surface area (Å²) in [6.07, 6.45) is -3.18. The molecule has 1 atom stereocenters. The lowest BCUT2D eigenvalue weighted by molar-refractivity contribution is -0.0670. The van der Waals surface area contributed by atoms with E-state index in [1.165, 1.54) is 12.3 Å². The van der Waals surface area contributed by atoms with Crippen LogP contribution in [-0.4, -0.2) is 17.8 Å². The van der Waals surface area contributed by atoms with Crippen molar-refractivity contribution in [1.82, 2.24) is 4.98 Å². The molecule has 0 aliphatic rings. The highest BCUT2D eigenvalue weighted by Gasteiger charge is 2.20. The van der Waals surface area contributed by atoms with Gasteiger partial charge < -0.3 is 4.74 Å². The molecule has 72 valence electrons. The van der Waals surface area contributed by atoms with E-state index in [2.05, 4.69) is 25.7 Å². The number of hydrogen-bond donors (Lipinski definition) is 0. The highest BCUT2D eigenvalue weighted by Crippen LogP contribution is 2.19. The molecule has 0 N–H and O–H groups in total. The minimum absolute atomic E-state index is 0.0397. The third-order valence-corrected chi connectivity index (χ3v) is 1.56. The number of pyridine rings is 1. The van der Waals surface area contributed by atoms with Crippen molar-refractivity contribution in [1.29, 1.82) is 0 Å². The molecule has 0 aliphatic carbocycles. The molecule has 0 saturated heterocycles. The van der Waals surface area contributed by atoms with Gasteiger partial charge in [0, 0.05) is 10.7 Å². The molecule has 13 heavy (non-hydrogen) atoms. The normalized spacial score (nSPS) is 13.0. The minimum atomic E-state index is -3.15. The van der Waals surface area contributed by atoms with Crippen molar-refractivity contribution in [2.75, 3.05) is 0 Å². The standard InChI is InChI=1S/C7H5BrF3NO/c8-4-1-5(3-12-2-4)13-7(11)6(9)10/h1-3,6-7H. The fraction of sp³-hybridized carbons (Fsp3) is 0.286. The second-order valence-electron chi connectivity index (χ2n) is 2.14. The minimum Gasteiger partial charge on any atom is -0.453 e. The van der Waals surface area contributed by atoms with Gasteiger partial charge in [-0.3, -0.25) is 4.98 Å². The van der Waals surface area contributed by atoms with E-state index in [0.29, 0.717) is 4.47 Å². The Balaban J connectivity index is 2.64. The molecule has 1 aromatic rings. The Morgan fingerprint density at radius 3 is 2.54 bits per heavy atom. The summed E-state index contributed by atoms with van der Waals surface area (Å²) >= 11 is 3.04. The van der Waals surface area contributed by atoms with Crippen LogP contribution in [0.3, 0.4) is 0 Å². The van der Waals surface area contributed by atoms with E-state index < -0.39 is 12.8 Å². The summed E-state index contributed by atoms with van der Waals surface area (Å²) in [6.45, 7) is 0. The molecule has 0 spiro atoms. The zero-order chi connectivity index (χ0) is 9.84. The number of aromatic nitrogens is 1. The van der Waals surface area contributed by atoms with E-state index in [0.717, 1.165) is 6.20 Å². The van der Waals surface area contributed by atoms with Crippen LogP contribution in [0.5, 0.6) is 5.75 Å². The third kappa shape index (κ3) is 3.22. The van der Waals surface area contributed by atoms with Gasteiger partial charge in [-0.2, -0.15) is 4.39 Å². The van der Waals surface area contributed by atoms with E-state index in [1.54, 1.807) is 0 Å². The molecular weight excluding hydrogens is 251 g/mol. The molecule has 0 aliphatic heterocycles. The smallest absolute Gasteiger partial charge is 0.304 e. The summed E-state index contributed by atoms with van der Waals surface area (Å²) in [6, 6.07) is 1.35. The van der Waals surface area contributed by atoms with Gasteiger partial charge >= 0.3 is 6.43 Å². The number of alkyl halides is 3. The second-order valence-corrected chi connectivity index (χ2v) is 3.06. The van der Waals surface area contributed by atoms with Crippen LogP contribution in [0.2, 0.25) is 0 Å². The van der Waals surface area contributed by atoms with Crippen molar-refractivity contribution in [2.24, 2.45) is 0 Å². The molecule has 0 aromatic carbocycles. The molecular formula is C7H5BrF3NO. The first-order chi connectivity index (χ1) is 6.09. The maximum atomic E-state index is 12.3. The Kier molecular flexibility index (Phi) is 3.53. The maximum absolute atomic E-state index is 12.3. The highest BCUT2D eigenvalue weighted by molar-refractivity contribution is 9.10. The average molecular weight is 256 g/mol. The molecule has 0 saturated carbocycles. The summed E-state index contributed by atoms with van der Waals surface area (Å²) in [4.78, 5) is 3.61. The zero-order valence-electron chi connectivity index (χ0n) is 6.25. The first-order valence-electron chi connectivity index (χ1n) is 3.29. The fourth-order valence-corrected chi connectivity index (χ4v) is 0.982. The Bertz CT molecular complexity index is 284. The van der Waals surface area contributed by atoms with Crippen LogP contribution in [0.4, 0.5) is 13.2 Å². The van der Waals surface area contributed by atoms with Crippen molar-refractivity contribution >= 4 is 15.9 Å². The van der Waals surface area contributed by atoms with E-state index >= 15 is 0 Å². The van der Waals surface area contributed by atoms with Gasteiger partial charge in [0.15, 0.2) is 0 Å². The predicted molar refractivity (Wildman–Crippen MR) is 43.5 cm³/mol. The molecule has 1 unspecified atom stereocenters. The molecule has 1 heterocycles. The molecule has 0 radical (unpaired) electrons. The van der Waals surface area contributed by atoms with E-state index in [4.69, 9.17) is 0 Å². The summed E-state index contributed by atoms with van der Waals surface area (Å²) in [5, 5.41) is 0. The van der Waals surface area contributed by atoms with Gasteiger partial charge in [-0.25, -0.2) is 8.78 Å². The summed E-state index contributed by atoms with van der Waals surface area (Å²) in [5.41, 5.74) is 0. The van der Waals surface area contributed by atoms with Crippen LogP contribution in [0.15, 0.2) is 22.9 Å². The second kappa shape index (κ2) is 4.45. The molecule has 0 bridgehead atoms. The first kappa shape index (κ1) is 10.3. The van der Waals surface area contributed by atoms with Gasteiger partial charge in [-0.15, -0.1) is 0 Å². The van der Waals surface area contributed by atoms with Gasteiger partial charge in [-0.05, 0) is 22.0 Å². The topological polar surface area (TPSA) is 22.1 Å². The number of ether oxygens (including phenoxy) is 1. The van der Waals surface area contributed by atoms with Crippen LogP contribution < -0.4 is 4.74 Å². The Morgan fingerprint density at radius 1 is 1.31 bits per heavy atom. The number of rotatable bonds is 3. The Labute approximate surface area is 80.9 Å². The van der Waals surface area contributed by atoms with Crippen molar-refractivity contribution in [2.45, 2.75) is 12.8 Å². The van der Waals surface area contributed by atoms with Gasteiger partial charge in [0.2, 0.25) is 0 Å². The number of hydrogen-bond acceptors (Lipinski definition) is 2. The summed E-state index contributed by atoms with van der Waals surface area (Å²) < 4.78 is 40.5. The maximum Gasteiger partial charge on any atom is 0.304 e. The SMILES string of the molecule is FC(F)C(F)Oc1cncc(Br)c1. The number of halogens is 4. The Hall–Kier alpha value is -0.780. The van der Waals surface area contributed by atoms with Crippen molar-refractivity contribution in [3.63, 3.8) is 0 Å². The lowest BCUT2D eigenvalue weighted by Crippen LogP contribution is -2.19. The van der Waals surface area contributed by atoms with Crippen LogP contribution in [0, 0.1) is 0 Å². The van der Waals surface area contributed by atoms with Gasteiger partial charge in [0.1, 0.15) is 5.75 Å². The quantitative estimate of drug-likeness (QED) is 0.829. The van der Waals surface area contributed by atoms with Gasteiger partial charge in [-0.1, -0.05) is 0 Å². The van der Waals surface area contributed by atoms with Crippen molar-refractivity contribution in [3.05, 3.63) is 22.9 Å². The largest absolute Gasteiger partial charge is 0.453 e. The lowest BCUT2D eigenvalue weighted by Gasteiger charge is -2.09. The zero-order valence-corrected chi connectivity index (χ0v) is 7.84. The molecule has 6 heteroatoms. The van der Waals surface area contributed by atoms with E-state index in [9.17, 15) is 13.2 Å². The van der Waals surface area contributed by atoms with Crippen LogP contribution in [0.25, 0.3) is 0 Å². The van der Waals surface area contributed by atoms with Crippen LogP contribution in [0.1, 0.15) is 0 Å². The molecule has 2 nitrogen and oxygen atoms in total. The van der Waals surface area contributed by atoms with Gasteiger partial charge in [0.05, 0.1) is 6.20 Å². The monoisotopic (exact) mass is 255 g/mol. The number of nitrogens with zero attached hydrogens (tertiary/aromatic N) is 1. The first-order valence-corrected chi connectivity index (χ1v) is 4.08. The van der Waals surface area contributed by atoms with Crippen molar-refractivity contribution in [3.8, 4) is 5.75 Å². The fourth-order valence-electron chi connectivity index (χ4n) is 0.638. The lowest BCUT2D eigenvalue weighted by atomic mass is 10.5. The summed E-state index contributed by atoms with van der Waals surface area (Å²) in [7, 11) is 0.